The van der Waals surface area contributed by atoms with E-state index in [1.807, 2.05) is 57.5 Å². The maximum atomic E-state index is 10.5. The monoisotopic (exact) mass is 376 g/mol. The van der Waals surface area contributed by atoms with Crippen LogP contribution in [0.3, 0.4) is 0 Å². The molecule has 142 valence electrons. The fourth-order valence-corrected chi connectivity index (χ4v) is 3.05. The second kappa shape index (κ2) is 10.1. The quantitative estimate of drug-likeness (QED) is 0.487. The summed E-state index contributed by atoms with van der Waals surface area (Å²) in [7, 11) is 0. The van der Waals surface area contributed by atoms with E-state index < -0.39 is 6.10 Å². The summed E-state index contributed by atoms with van der Waals surface area (Å²) < 4.78 is 5.69. The minimum absolute atomic E-state index is 0.100. The molecule has 0 spiro atoms. The minimum atomic E-state index is -0.653. The molecule has 1 heterocycles. The van der Waals surface area contributed by atoms with Crippen LogP contribution in [0, 0.1) is 6.92 Å². The van der Waals surface area contributed by atoms with Gasteiger partial charge in [0, 0.05) is 18.0 Å². The molecule has 26 heavy (non-hydrogen) atoms. The SMILES string of the molecule is CCNC(=NCc1scnc1C)NCC(O)c1cccc(OC(C)C)c1. The van der Waals surface area contributed by atoms with Crippen LogP contribution in [-0.4, -0.2) is 35.2 Å². The smallest absolute Gasteiger partial charge is 0.191 e. The van der Waals surface area contributed by atoms with Gasteiger partial charge in [0.1, 0.15) is 5.75 Å². The summed E-state index contributed by atoms with van der Waals surface area (Å²) in [4.78, 5) is 9.95. The Labute approximate surface area is 159 Å². The normalized spacial score (nSPS) is 12.9. The van der Waals surface area contributed by atoms with E-state index in [2.05, 4.69) is 20.6 Å². The number of aliphatic hydroxyl groups excluding tert-OH is 1. The zero-order valence-corrected chi connectivity index (χ0v) is 16.6. The molecular weight excluding hydrogens is 348 g/mol. The number of nitrogens with zero attached hydrogens (tertiary/aromatic N) is 2. The molecule has 3 N–H and O–H groups in total. The number of aliphatic hydroxyl groups is 1. The fraction of sp³-hybridized carbons (Fsp3) is 0.474. The number of nitrogens with one attached hydrogen (secondary N) is 2. The highest BCUT2D eigenvalue weighted by Gasteiger charge is 2.10. The molecule has 0 aliphatic heterocycles. The Morgan fingerprint density at radius 1 is 1.35 bits per heavy atom. The molecule has 7 heteroatoms. The highest BCUT2D eigenvalue weighted by Crippen LogP contribution is 2.20. The number of guanidine groups is 1. The molecule has 0 bridgehead atoms. The van der Waals surface area contributed by atoms with Crippen molar-refractivity contribution >= 4 is 17.3 Å². The zero-order chi connectivity index (χ0) is 18.9. The van der Waals surface area contributed by atoms with Gasteiger partial charge in [-0.25, -0.2) is 9.98 Å². The average Bonchev–Trinajstić information content (AvgIpc) is 3.01. The molecule has 0 saturated heterocycles. The molecular formula is C19H28N4O2S. The summed E-state index contributed by atoms with van der Waals surface area (Å²) >= 11 is 1.60. The number of hydrogen-bond donors (Lipinski definition) is 3. The Morgan fingerprint density at radius 2 is 2.15 bits per heavy atom. The lowest BCUT2D eigenvalue weighted by Gasteiger charge is -2.17. The molecule has 6 nitrogen and oxygen atoms in total. The van der Waals surface area contributed by atoms with E-state index >= 15 is 0 Å². The standard InChI is InChI=1S/C19H28N4O2S/c1-5-20-19(22-11-18-14(4)23-12-26-18)21-10-17(24)15-7-6-8-16(9-15)25-13(2)3/h6-9,12-13,17,24H,5,10-11H2,1-4H3,(H2,20,21,22). The Morgan fingerprint density at radius 3 is 2.81 bits per heavy atom. The number of aliphatic imine (C=N–C) groups is 1. The van der Waals surface area contributed by atoms with Crippen LogP contribution in [0.25, 0.3) is 0 Å². The third-order valence-corrected chi connectivity index (χ3v) is 4.57. The van der Waals surface area contributed by atoms with Crippen molar-refractivity contribution in [2.24, 2.45) is 4.99 Å². The maximum absolute atomic E-state index is 10.5. The summed E-state index contributed by atoms with van der Waals surface area (Å²) in [5, 5.41) is 16.9. The van der Waals surface area contributed by atoms with Gasteiger partial charge < -0.3 is 20.5 Å². The van der Waals surface area contributed by atoms with Gasteiger partial charge in [0.05, 0.1) is 30.0 Å². The van der Waals surface area contributed by atoms with Crippen LogP contribution in [0.1, 0.15) is 43.0 Å². The van der Waals surface area contributed by atoms with Crippen LogP contribution in [0.4, 0.5) is 0 Å². The predicted molar refractivity (Wildman–Crippen MR) is 107 cm³/mol. The Hall–Kier alpha value is -2.12. The van der Waals surface area contributed by atoms with E-state index in [1.54, 1.807) is 11.3 Å². The molecule has 0 aliphatic carbocycles. The van der Waals surface area contributed by atoms with Crippen molar-refractivity contribution in [2.45, 2.75) is 46.4 Å². The molecule has 1 atom stereocenters. The lowest BCUT2D eigenvalue weighted by molar-refractivity contribution is 0.179. The summed E-state index contributed by atoms with van der Waals surface area (Å²) in [5.41, 5.74) is 3.65. The number of aromatic nitrogens is 1. The van der Waals surface area contributed by atoms with E-state index in [0.29, 0.717) is 19.0 Å². The van der Waals surface area contributed by atoms with E-state index in [9.17, 15) is 5.11 Å². The van der Waals surface area contributed by atoms with Crippen LogP contribution >= 0.6 is 11.3 Å². The first-order valence-electron chi connectivity index (χ1n) is 8.85. The topological polar surface area (TPSA) is 78.8 Å². The van der Waals surface area contributed by atoms with Gasteiger partial charge in [0.25, 0.3) is 0 Å². The molecule has 0 amide bonds. The highest BCUT2D eigenvalue weighted by molar-refractivity contribution is 7.09. The van der Waals surface area contributed by atoms with Gasteiger partial charge in [-0.3, -0.25) is 0 Å². The van der Waals surface area contributed by atoms with Crippen LogP contribution in [-0.2, 0) is 6.54 Å². The van der Waals surface area contributed by atoms with Crippen molar-refractivity contribution in [3.05, 3.63) is 45.9 Å². The van der Waals surface area contributed by atoms with Crippen molar-refractivity contribution in [3.8, 4) is 5.75 Å². The van der Waals surface area contributed by atoms with Gasteiger partial charge in [0.15, 0.2) is 5.96 Å². The zero-order valence-electron chi connectivity index (χ0n) is 15.8. The largest absolute Gasteiger partial charge is 0.491 e. The summed E-state index contributed by atoms with van der Waals surface area (Å²) in [6, 6.07) is 7.55. The van der Waals surface area contributed by atoms with Gasteiger partial charge in [0.2, 0.25) is 0 Å². The summed E-state index contributed by atoms with van der Waals surface area (Å²) in [6.07, 6.45) is -0.553. The predicted octanol–water partition coefficient (Wildman–Crippen LogP) is 3.03. The molecule has 1 aromatic carbocycles. The van der Waals surface area contributed by atoms with Gasteiger partial charge in [-0.2, -0.15) is 0 Å². The minimum Gasteiger partial charge on any atom is -0.491 e. The first-order valence-corrected chi connectivity index (χ1v) is 9.73. The number of hydrogen-bond acceptors (Lipinski definition) is 5. The van der Waals surface area contributed by atoms with Crippen LogP contribution in [0.5, 0.6) is 5.75 Å². The summed E-state index contributed by atoms with van der Waals surface area (Å²) in [6.45, 7) is 9.64. The third-order valence-electron chi connectivity index (χ3n) is 3.65. The summed E-state index contributed by atoms with van der Waals surface area (Å²) in [5.74, 6) is 1.44. The molecule has 0 radical (unpaired) electrons. The van der Waals surface area contributed by atoms with Crippen LogP contribution in [0.2, 0.25) is 0 Å². The van der Waals surface area contributed by atoms with Gasteiger partial charge >= 0.3 is 0 Å². The highest BCUT2D eigenvalue weighted by atomic mass is 32.1. The van der Waals surface area contributed by atoms with E-state index in [1.165, 1.54) is 0 Å². The molecule has 0 aliphatic rings. The Bertz CT molecular complexity index is 715. The van der Waals surface area contributed by atoms with Gasteiger partial charge in [-0.15, -0.1) is 11.3 Å². The molecule has 2 aromatic rings. The van der Waals surface area contributed by atoms with Crippen molar-refractivity contribution in [1.29, 1.82) is 0 Å². The van der Waals surface area contributed by atoms with Crippen molar-refractivity contribution in [1.82, 2.24) is 15.6 Å². The number of benzene rings is 1. The first kappa shape index (κ1) is 20.2. The van der Waals surface area contributed by atoms with Gasteiger partial charge in [-0.1, -0.05) is 12.1 Å². The number of thiazole rings is 1. The van der Waals surface area contributed by atoms with Crippen molar-refractivity contribution in [3.63, 3.8) is 0 Å². The van der Waals surface area contributed by atoms with E-state index in [-0.39, 0.29) is 6.10 Å². The van der Waals surface area contributed by atoms with E-state index in [0.717, 1.165) is 28.4 Å². The Balaban J connectivity index is 1.96. The van der Waals surface area contributed by atoms with Crippen LogP contribution in [0.15, 0.2) is 34.8 Å². The molecule has 0 saturated carbocycles. The van der Waals surface area contributed by atoms with Gasteiger partial charge in [-0.05, 0) is 45.4 Å². The number of ether oxygens (including phenoxy) is 1. The third kappa shape index (κ3) is 6.31. The van der Waals surface area contributed by atoms with Crippen molar-refractivity contribution in [2.75, 3.05) is 13.1 Å². The van der Waals surface area contributed by atoms with Crippen LogP contribution < -0.4 is 15.4 Å². The number of aryl methyl sites for hydroxylation is 1. The molecule has 1 aromatic heterocycles. The lowest BCUT2D eigenvalue weighted by Crippen LogP contribution is -2.39. The average molecular weight is 377 g/mol. The Kier molecular flexibility index (Phi) is 7.87. The lowest BCUT2D eigenvalue weighted by atomic mass is 10.1. The molecule has 0 fully saturated rings. The van der Waals surface area contributed by atoms with Crippen molar-refractivity contribution < 1.29 is 9.84 Å². The fourth-order valence-electron chi connectivity index (χ4n) is 2.35. The first-order chi connectivity index (χ1) is 12.5. The maximum Gasteiger partial charge on any atom is 0.191 e. The van der Waals surface area contributed by atoms with E-state index in [4.69, 9.17) is 4.74 Å². The second-order valence-corrected chi connectivity index (χ2v) is 7.13. The second-order valence-electron chi connectivity index (χ2n) is 6.19. The molecule has 1 unspecified atom stereocenters. The molecule has 2 rings (SSSR count). The number of rotatable bonds is 8.